The number of aryl methyl sites for hydroxylation is 2. The smallest absolute Gasteiger partial charge is 0.872 e. The molecule has 0 unspecified atom stereocenters. The van der Waals surface area contributed by atoms with Crippen molar-refractivity contribution in [2.24, 2.45) is 0 Å². The average Bonchev–Trinajstić information content (AvgIpc) is 3.07. The van der Waals surface area contributed by atoms with Gasteiger partial charge in [0, 0.05) is 0 Å². The zero-order valence-electron chi connectivity index (χ0n) is 29.3. The third kappa shape index (κ3) is 16.2. The summed E-state index contributed by atoms with van der Waals surface area (Å²) in [5, 5.41) is 21.9. The van der Waals surface area contributed by atoms with Crippen molar-refractivity contribution in [2.45, 2.75) is 101 Å². The number of phenols is 1. The Balaban J connectivity index is 0.000000347. The first-order valence-corrected chi connectivity index (χ1v) is 19.8. The number of hydrogen-bond donors (Lipinski definition) is 2. The Labute approximate surface area is 332 Å². The molecule has 0 saturated carbocycles. The van der Waals surface area contributed by atoms with E-state index in [-0.39, 0.29) is 59.0 Å². The number of phenolic OH excluding ortho intramolecular Hbond substituents is 1. The van der Waals surface area contributed by atoms with Crippen LogP contribution in [0.5, 0.6) is 34.5 Å². The van der Waals surface area contributed by atoms with Gasteiger partial charge in [-0.2, -0.15) is 8.42 Å². The van der Waals surface area contributed by atoms with Crippen LogP contribution in [0.25, 0.3) is 0 Å². The van der Waals surface area contributed by atoms with Crippen molar-refractivity contribution in [3.63, 3.8) is 0 Å². The molecule has 0 aliphatic carbocycles. The van der Waals surface area contributed by atoms with Crippen molar-refractivity contribution in [2.75, 3.05) is 0 Å². The van der Waals surface area contributed by atoms with Crippen molar-refractivity contribution >= 4 is 58.0 Å². The van der Waals surface area contributed by atoms with E-state index >= 15 is 0 Å². The number of ether oxygens (including phenoxy) is 2. The molecule has 4 aromatic carbocycles. The van der Waals surface area contributed by atoms with Gasteiger partial charge in [-0.15, -0.1) is 5.75 Å². The van der Waals surface area contributed by atoms with Crippen molar-refractivity contribution in [3.05, 3.63) is 96.1 Å². The fourth-order valence-electron chi connectivity index (χ4n) is 5.10. The minimum atomic E-state index is -4.47. The van der Waals surface area contributed by atoms with Gasteiger partial charge in [-0.1, -0.05) is 76.8 Å². The number of unbranched alkanes of at least 4 members (excludes halogenated alkanes) is 8. The second-order valence-electron chi connectivity index (χ2n) is 12.0. The molecule has 0 atom stereocenters. The van der Waals surface area contributed by atoms with Gasteiger partial charge in [-0.05, 0) is 110 Å². The second kappa shape index (κ2) is 22.3. The van der Waals surface area contributed by atoms with Crippen LogP contribution in [0.15, 0.2) is 94.7 Å². The molecule has 4 rings (SSSR count). The van der Waals surface area contributed by atoms with Crippen LogP contribution in [0, 0.1) is 0 Å². The molecular formula is C38H46CaO10S2. The Kier molecular flexibility index (Phi) is 19.4. The largest absolute Gasteiger partial charge is 2.00 e. The summed E-state index contributed by atoms with van der Waals surface area (Å²) >= 11 is 0. The molecule has 0 aliphatic heterocycles. The maximum atomic E-state index is 11.9. The Morgan fingerprint density at radius 2 is 0.980 bits per heavy atom. The molecule has 0 aliphatic rings. The molecule has 4 aromatic rings. The van der Waals surface area contributed by atoms with Gasteiger partial charge >= 0.3 is 37.7 Å². The van der Waals surface area contributed by atoms with E-state index in [0.717, 1.165) is 37.7 Å². The molecule has 51 heavy (non-hydrogen) atoms. The number of aromatic hydroxyl groups is 1. The van der Waals surface area contributed by atoms with Crippen LogP contribution in [0.4, 0.5) is 0 Å². The van der Waals surface area contributed by atoms with E-state index in [1.165, 1.54) is 93.1 Å². The van der Waals surface area contributed by atoms with Gasteiger partial charge in [0.05, 0.1) is 9.79 Å². The summed E-state index contributed by atoms with van der Waals surface area (Å²) in [5.74, 6) is 2.19. The van der Waals surface area contributed by atoms with Crippen LogP contribution in [0.2, 0.25) is 0 Å². The predicted octanol–water partition coefficient (Wildman–Crippen LogP) is 8.53. The monoisotopic (exact) mass is 766 g/mol. The molecule has 0 spiro atoms. The Morgan fingerprint density at radius 3 is 1.45 bits per heavy atom. The molecule has 0 bridgehead atoms. The summed E-state index contributed by atoms with van der Waals surface area (Å²) < 4.78 is 75.2. The van der Waals surface area contributed by atoms with Gasteiger partial charge in [0.1, 0.15) is 38.9 Å². The summed E-state index contributed by atoms with van der Waals surface area (Å²) in [4.78, 5) is -0.485. The van der Waals surface area contributed by atoms with Gasteiger partial charge in [0.2, 0.25) is 0 Å². The molecule has 0 amide bonds. The maximum Gasteiger partial charge on any atom is 2.00 e. The van der Waals surface area contributed by atoms with E-state index in [4.69, 9.17) is 14.0 Å². The van der Waals surface area contributed by atoms with Gasteiger partial charge in [-0.25, -0.2) is 8.42 Å². The summed E-state index contributed by atoms with van der Waals surface area (Å²) in [6, 6.07) is 20.6. The molecular weight excluding hydrogens is 721 g/mol. The first-order chi connectivity index (χ1) is 23.8. The topological polar surface area (TPSA) is 173 Å². The summed E-state index contributed by atoms with van der Waals surface area (Å²) in [7, 11) is -8.68. The number of hydrogen-bond acceptors (Lipinski definition) is 9. The third-order valence-electron chi connectivity index (χ3n) is 7.89. The molecule has 0 saturated heterocycles. The molecule has 0 aromatic heterocycles. The van der Waals surface area contributed by atoms with E-state index in [1.807, 2.05) is 0 Å². The standard InChI is InChI=1S/2C19H24O5S.Ca/c2*1-2-3-4-5-6-7-15-14-17(10-13-19(15)20)24-16-8-11-18(12-9-16)25(21,22)23;/h2*8-14,20H,2-7H2,1H3,(H,21,22,23);/q;;+2/p-2. The van der Waals surface area contributed by atoms with E-state index in [1.54, 1.807) is 30.3 Å². The quantitative estimate of drug-likeness (QED) is 0.0568. The fraction of sp³-hybridized carbons (Fsp3) is 0.368. The normalized spacial score (nSPS) is 11.2. The molecule has 2 N–H and O–H groups in total. The molecule has 13 heteroatoms. The van der Waals surface area contributed by atoms with Gasteiger partial charge in [0.25, 0.3) is 10.1 Å². The Bertz CT molecular complexity index is 1710. The van der Waals surface area contributed by atoms with E-state index < -0.39 is 20.2 Å². The van der Waals surface area contributed by atoms with Crippen LogP contribution in [0.3, 0.4) is 0 Å². The van der Waals surface area contributed by atoms with Crippen LogP contribution in [0.1, 0.15) is 89.2 Å². The maximum absolute atomic E-state index is 11.9. The van der Waals surface area contributed by atoms with Crippen LogP contribution >= 0.6 is 0 Å². The Hall–Kier alpha value is -2.84. The van der Waals surface area contributed by atoms with Crippen LogP contribution < -0.4 is 14.6 Å². The van der Waals surface area contributed by atoms with Gasteiger partial charge in [-0.3, -0.25) is 4.55 Å². The average molecular weight is 767 g/mol. The van der Waals surface area contributed by atoms with Gasteiger partial charge in [0.15, 0.2) is 0 Å². The third-order valence-corrected chi connectivity index (χ3v) is 9.61. The zero-order chi connectivity index (χ0) is 36.6. The number of rotatable bonds is 18. The summed E-state index contributed by atoms with van der Waals surface area (Å²) in [6.07, 6.45) is 12.9. The molecule has 10 nitrogen and oxygen atoms in total. The van der Waals surface area contributed by atoms with Crippen LogP contribution in [-0.4, -0.2) is 68.8 Å². The van der Waals surface area contributed by atoms with E-state index in [2.05, 4.69) is 13.8 Å². The van der Waals surface area contributed by atoms with Crippen molar-refractivity contribution in [3.8, 4) is 34.5 Å². The van der Waals surface area contributed by atoms with Crippen molar-refractivity contribution < 1.29 is 45.6 Å². The zero-order valence-corrected chi connectivity index (χ0v) is 33.1. The van der Waals surface area contributed by atoms with Crippen molar-refractivity contribution in [1.82, 2.24) is 0 Å². The molecule has 0 radical (unpaired) electrons. The first-order valence-electron chi connectivity index (χ1n) is 16.9. The van der Waals surface area contributed by atoms with Crippen molar-refractivity contribution in [1.29, 1.82) is 0 Å². The SMILES string of the molecule is CCCCCCCc1cc(Oc2ccc(S(=O)(=O)O)cc2)ccc1O.CCCCCCCc1cc(Oc2ccc(S(=O)(=O)[O-])cc2)ccc1[O-].[Ca+2]. The van der Waals surface area contributed by atoms with Gasteiger partial charge < -0.3 is 24.2 Å². The van der Waals surface area contributed by atoms with E-state index in [0.29, 0.717) is 35.0 Å². The van der Waals surface area contributed by atoms with E-state index in [9.17, 15) is 31.6 Å². The Morgan fingerprint density at radius 1 is 0.569 bits per heavy atom. The second-order valence-corrected chi connectivity index (χ2v) is 14.8. The molecule has 272 valence electrons. The fourth-order valence-corrected chi connectivity index (χ4v) is 6.05. The summed E-state index contributed by atoms with van der Waals surface area (Å²) in [5.41, 5.74) is 1.55. The molecule has 0 heterocycles. The predicted molar refractivity (Wildman–Crippen MR) is 195 cm³/mol. The minimum Gasteiger partial charge on any atom is -0.872 e. The first kappa shape index (κ1) is 44.3. The summed E-state index contributed by atoms with van der Waals surface area (Å²) in [6.45, 7) is 4.34. The number of benzene rings is 4. The van der Waals surface area contributed by atoms with Crippen LogP contribution in [-0.2, 0) is 33.1 Å². The minimum absolute atomic E-state index is 0. The molecule has 0 fully saturated rings.